The first-order valence-corrected chi connectivity index (χ1v) is 4.37. The summed E-state index contributed by atoms with van der Waals surface area (Å²) in [4.78, 5) is 3.31. The molecule has 0 amide bonds. The second-order valence-electron chi connectivity index (χ2n) is 3.00. The van der Waals surface area contributed by atoms with Crippen LogP contribution < -0.4 is 10.3 Å². The Morgan fingerprint density at radius 3 is 2.67 bits per heavy atom. The molecule has 2 nitrogen and oxygen atoms in total. The van der Waals surface area contributed by atoms with Gasteiger partial charge in [0, 0.05) is 0 Å². The fraction of sp³-hybridized carbons (Fsp3) is 0.300. The Bertz CT molecular complexity index is 277. The zero-order valence-corrected chi connectivity index (χ0v) is 7.01. The van der Waals surface area contributed by atoms with Gasteiger partial charge < -0.3 is 0 Å². The third kappa shape index (κ3) is 1.64. The molecule has 0 atom stereocenters. The van der Waals surface area contributed by atoms with Crippen molar-refractivity contribution < 1.29 is 4.99 Å². The highest BCUT2D eigenvalue weighted by molar-refractivity contribution is 5.91. The van der Waals surface area contributed by atoms with Gasteiger partial charge in [0.15, 0.2) is 0 Å². The van der Waals surface area contributed by atoms with Gasteiger partial charge in [-0.1, -0.05) is 18.2 Å². The predicted molar refractivity (Wildman–Crippen MR) is 50.1 cm³/mol. The summed E-state index contributed by atoms with van der Waals surface area (Å²) in [6.07, 6.45) is 2.39. The van der Waals surface area contributed by atoms with Gasteiger partial charge >= 0.3 is 0 Å². The maximum Gasteiger partial charge on any atom is 0.247 e. The van der Waals surface area contributed by atoms with E-state index in [1.807, 2.05) is 18.2 Å². The molecule has 1 heterocycles. The lowest BCUT2D eigenvalue weighted by molar-refractivity contribution is -0.447. The molecule has 0 aliphatic carbocycles. The second-order valence-corrected chi connectivity index (χ2v) is 3.00. The fourth-order valence-electron chi connectivity index (χ4n) is 1.40. The molecule has 1 aliphatic rings. The van der Waals surface area contributed by atoms with E-state index in [0.717, 1.165) is 13.0 Å². The van der Waals surface area contributed by atoms with Crippen molar-refractivity contribution in [3.05, 3.63) is 30.3 Å². The summed E-state index contributed by atoms with van der Waals surface area (Å²) < 4.78 is 0. The number of benzene rings is 1. The quantitative estimate of drug-likeness (QED) is 0.611. The first-order valence-electron chi connectivity index (χ1n) is 4.37. The molecular formula is C10H13N2+. The number of anilines is 1. The SMILES string of the molecule is c1ccc(NC2=[NH+]CCC2)cc1. The number of amidine groups is 1. The minimum atomic E-state index is 1.11. The summed E-state index contributed by atoms with van der Waals surface area (Å²) in [6.45, 7) is 1.11. The lowest BCUT2D eigenvalue weighted by Crippen LogP contribution is -2.70. The molecule has 0 fully saturated rings. The largest absolute Gasteiger partial charge is 0.278 e. The van der Waals surface area contributed by atoms with Gasteiger partial charge in [-0.3, -0.25) is 4.99 Å². The van der Waals surface area contributed by atoms with Crippen LogP contribution in [-0.4, -0.2) is 12.4 Å². The van der Waals surface area contributed by atoms with Crippen molar-refractivity contribution in [3.63, 3.8) is 0 Å². The average Bonchev–Trinajstić information content (AvgIpc) is 2.59. The van der Waals surface area contributed by atoms with Gasteiger partial charge in [-0.15, -0.1) is 0 Å². The van der Waals surface area contributed by atoms with Crippen LogP contribution in [0.5, 0.6) is 0 Å². The van der Waals surface area contributed by atoms with Crippen molar-refractivity contribution in [2.24, 2.45) is 0 Å². The van der Waals surface area contributed by atoms with E-state index >= 15 is 0 Å². The van der Waals surface area contributed by atoms with E-state index in [0.29, 0.717) is 0 Å². The maximum atomic E-state index is 3.35. The Hall–Kier alpha value is -1.31. The van der Waals surface area contributed by atoms with Crippen LogP contribution in [0.2, 0.25) is 0 Å². The first-order chi connectivity index (χ1) is 5.95. The zero-order valence-electron chi connectivity index (χ0n) is 7.01. The van der Waals surface area contributed by atoms with Gasteiger partial charge in [-0.25, -0.2) is 5.32 Å². The van der Waals surface area contributed by atoms with Gasteiger partial charge in [0.25, 0.3) is 0 Å². The molecule has 2 heteroatoms. The van der Waals surface area contributed by atoms with E-state index in [-0.39, 0.29) is 0 Å². The summed E-state index contributed by atoms with van der Waals surface area (Å²) in [7, 11) is 0. The summed E-state index contributed by atoms with van der Waals surface area (Å²) in [5.74, 6) is 1.25. The number of para-hydroxylation sites is 1. The van der Waals surface area contributed by atoms with Gasteiger partial charge in [0.2, 0.25) is 5.84 Å². The van der Waals surface area contributed by atoms with E-state index in [2.05, 4.69) is 22.4 Å². The minimum absolute atomic E-state index is 1.11. The highest BCUT2D eigenvalue weighted by Crippen LogP contribution is 2.05. The van der Waals surface area contributed by atoms with Crippen molar-refractivity contribution in [1.82, 2.24) is 0 Å². The Balaban J connectivity index is 2.04. The molecule has 0 radical (unpaired) electrons. The number of hydrogen-bond donors (Lipinski definition) is 2. The Kier molecular flexibility index (Phi) is 2.08. The first kappa shape index (κ1) is 7.35. The zero-order chi connectivity index (χ0) is 8.23. The van der Waals surface area contributed by atoms with Crippen molar-refractivity contribution in [1.29, 1.82) is 0 Å². The van der Waals surface area contributed by atoms with Crippen molar-refractivity contribution in [3.8, 4) is 0 Å². The highest BCUT2D eigenvalue weighted by Gasteiger charge is 2.11. The van der Waals surface area contributed by atoms with Crippen LogP contribution in [-0.2, 0) is 0 Å². The van der Waals surface area contributed by atoms with Crippen LogP contribution >= 0.6 is 0 Å². The lowest BCUT2D eigenvalue weighted by Gasteiger charge is -1.95. The fourth-order valence-corrected chi connectivity index (χ4v) is 1.40. The van der Waals surface area contributed by atoms with E-state index in [1.165, 1.54) is 17.9 Å². The Morgan fingerprint density at radius 1 is 1.17 bits per heavy atom. The molecule has 0 bridgehead atoms. The molecule has 0 saturated heterocycles. The van der Waals surface area contributed by atoms with E-state index < -0.39 is 0 Å². The number of nitrogens with one attached hydrogen (secondary N) is 2. The standard InChI is InChI=1S/C10H12N2/c1-2-5-9(6-3-1)12-10-7-4-8-11-10/h1-3,5-6H,4,7-8H2,(H,11,12)/p+1. The average molecular weight is 161 g/mol. The molecule has 62 valence electrons. The highest BCUT2D eigenvalue weighted by atomic mass is 15.0. The monoisotopic (exact) mass is 161 g/mol. The molecular weight excluding hydrogens is 148 g/mol. The predicted octanol–water partition coefficient (Wildman–Crippen LogP) is 0.371. The summed E-state index contributed by atoms with van der Waals surface area (Å²) >= 11 is 0. The van der Waals surface area contributed by atoms with Gasteiger partial charge in [0.05, 0.1) is 13.0 Å². The summed E-state index contributed by atoms with van der Waals surface area (Å²) in [5.41, 5.74) is 1.17. The van der Waals surface area contributed by atoms with E-state index in [1.54, 1.807) is 0 Å². The molecule has 0 saturated carbocycles. The number of rotatable bonds is 1. The summed E-state index contributed by atoms with van der Waals surface area (Å²) in [6, 6.07) is 10.3. The third-order valence-electron chi connectivity index (χ3n) is 2.01. The molecule has 2 N–H and O–H groups in total. The van der Waals surface area contributed by atoms with Crippen LogP contribution in [0, 0.1) is 0 Å². The Morgan fingerprint density at radius 2 is 2.00 bits per heavy atom. The van der Waals surface area contributed by atoms with Gasteiger partial charge in [-0.2, -0.15) is 0 Å². The molecule has 2 rings (SSSR count). The molecule has 0 unspecified atom stereocenters. The third-order valence-corrected chi connectivity index (χ3v) is 2.01. The van der Waals surface area contributed by atoms with E-state index in [4.69, 9.17) is 0 Å². The minimum Gasteiger partial charge on any atom is -0.278 e. The van der Waals surface area contributed by atoms with Gasteiger partial charge in [0.1, 0.15) is 5.69 Å². The molecule has 0 aromatic heterocycles. The lowest BCUT2D eigenvalue weighted by atomic mass is 10.3. The van der Waals surface area contributed by atoms with Crippen LogP contribution in [0.15, 0.2) is 30.3 Å². The smallest absolute Gasteiger partial charge is 0.247 e. The van der Waals surface area contributed by atoms with Crippen molar-refractivity contribution >= 4 is 11.5 Å². The van der Waals surface area contributed by atoms with Crippen molar-refractivity contribution in [2.75, 3.05) is 11.9 Å². The molecule has 1 aromatic carbocycles. The maximum absolute atomic E-state index is 3.35. The van der Waals surface area contributed by atoms with Gasteiger partial charge in [-0.05, 0) is 18.6 Å². The molecule has 12 heavy (non-hydrogen) atoms. The Labute approximate surface area is 72.3 Å². The van der Waals surface area contributed by atoms with Crippen LogP contribution in [0.4, 0.5) is 5.69 Å². The normalized spacial score (nSPS) is 15.8. The van der Waals surface area contributed by atoms with E-state index in [9.17, 15) is 0 Å². The van der Waals surface area contributed by atoms with Crippen molar-refractivity contribution in [2.45, 2.75) is 12.8 Å². The second kappa shape index (κ2) is 3.39. The number of hydrogen-bond acceptors (Lipinski definition) is 1. The molecule has 1 aromatic rings. The topological polar surface area (TPSA) is 26.0 Å². The van der Waals surface area contributed by atoms with Crippen LogP contribution in [0.25, 0.3) is 0 Å². The molecule has 1 aliphatic heterocycles. The van der Waals surface area contributed by atoms with Crippen LogP contribution in [0.3, 0.4) is 0 Å². The molecule has 0 spiro atoms. The summed E-state index contributed by atoms with van der Waals surface area (Å²) in [5, 5.41) is 3.35. The van der Waals surface area contributed by atoms with Crippen LogP contribution in [0.1, 0.15) is 12.8 Å².